The third kappa shape index (κ3) is 2.17. The summed E-state index contributed by atoms with van der Waals surface area (Å²) in [5, 5.41) is 0. The van der Waals surface area contributed by atoms with Crippen LogP contribution in [0.5, 0.6) is 0 Å². The molecule has 0 bridgehead atoms. The molecule has 2 aromatic carbocycles. The molecule has 1 aromatic heterocycles. The van der Waals surface area contributed by atoms with Gasteiger partial charge in [-0.3, -0.25) is 0 Å². The molecule has 0 atom stereocenters. The number of aryl methyl sites for hydroxylation is 4. The first-order valence-electron chi connectivity index (χ1n) is 8.10. The summed E-state index contributed by atoms with van der Waals surface area (Å²) < 4.78 is 2.17. The first-order chi connectivity index (χ1) is 11.0. The molecule has 3 aromatic rings. The third-order valence-electron chi connectivity index (χ3n) is 4.83. The minimum absolute atomic E-state index is 0.936. The van der Waals surface area contributed by atoms with Crippen LogP contribution in [0, 0.1) is 20.8 Å². The first-order valence-corrected chi connectivity index (χ1v) is 8.10. The highest BCUT2D eigenvalue weighted by atomic mass is 15.0. The van der Waals surface area contributed by atoms with E-state index in [0.29, 0.717) is 0 Å². The van der Waals surface area contributed by atoms with Crippen molar-refractivity contribution in [2.45, 2.75) is 27.2 Å². The Balaban J connectivity index is 1.93. The van der Waals surface area contributed by atoms with Gasteiger partial charge in [-0.25, -0.2) is 4.57 Å². The lowest BCUT2D eigenvalue weighted by atomic mass is 10.0. The molecule has 0 saturated carbocycles. The summed E-state index contributed by atoms with van der Waals surface area (Å²) in [6, 6.07) is 13.1. The van der Waals surface area contributed by atoms with Crippen LogP contribution in [-0.2, 0) is 13.5 Å². The van der Waals surface area contributed by atoms with Gasteiger partial charge in [0.2, 0.25) is 0 Å². The summed E-state index contributed by atoms with van der Waals surface area (Å²) in [6.07, 6.45) is 3.18. The lowest BCUT2D eigenvalue weighted by molar-refractivity contribution is -0.662. The van der Waals surface area contributed by atoms with Gasteiger partial charge in [0.05, 0.1) is 18.2 Å². The minimum atomic E-state index is 0.936. The molecule has 0 aliphatic heterocycles. The Hall–Kier alpha value is -2.48. The molecule has 2 heteroatoms. The molecular formula is C21H21N2+. The van der Waals surface area contributed by atoms with Crippen LogP contribution >= 0.6 is 0 Å². The van der Waals surface area contributed by atoms with Gasteiger partial charge in [0.25, 0.3) is 0 Å². The number of hydrogen-bond acceptors (Lipinski definition) is 1. The standard InChI is InChI=1S/C21H21N2/c1-13-8-9-14(2)17(10-13)21-22-19-11-16-7-5-6-15(3)20(16)18(19)12-23(21)4/h5-10,12H,11H2,1-4H3/q+1. The topological polar surface area (TPSA) is 16.8 Å². The van der Waals surface area contributed by atoms with Crippen LogP contribution in [-0.4, -0.2) is 4.98 Å². The van der Waals surface area contributed by atoms with E-state index in [4.69, 9.17) is 4.98 Å². The molecule has 0 N–H and O–H groups in total. The van der Waals surface area contributed by atoms with Gasteiger partial charge in [-0.15, -0.1) is 0 Å². The molecule has 0 unspecified atom stereocenters. The number of fused-ring (bicyclic) bond motifs is 3. The van der Waals surface area contributed by atoms with E-state index in [9.17, 15) is 0 Å². The average Bonchev–Trinajstić information content (AvgIpc) is 2.88. The highest BCUT2D eigenvalue weighted by Crippen LogP contribution is 2.37. The zero-order valence-corrected chi connectivity index (χ0v) is 14.1. The number of rotatable bonds is 1. The summed E-state index contributed by atoms with van der Waals surface area (Å²) in [4.78, 5) is 5.04. The van der Waals surface area contributed by atoms with Crippen molar-refractivity contribution in [1.29, 1.82) is 0 Å². The summed E-state index contributed by atoms with van der Waals surface area (Å²) in [7, 11) is 2.10. The van der Waals surface area contributed by atoms with Gasteiger partial charge < -0.3 is 0 Å². The van der Waals surface area contributed by atoms with Crippen molar-refractivity contribution in [2.24, 2.45) is 7.05 Å². The molecule has 0 radical (unpaired) electrons. The van der Waals surface area contributed by atoms with Gasteiger partial charge in [0, 0.05) is 6.42 Å². The van der Waals surface area contributed by atoms with Gasteiger partial charge in [-0.05, 0) is 54.1 Å². The molecule has 2 nitrogen and oxygen atoms in total. The zero-order valence-electron chi connectivity index (χ0n) is 14.1. The molecule has 1 aliphatic carbocycles. The van der Waals surface area contributed by atoms with E-state index in [1.54, 1.807) is 0 Å². The van der Waals surface area contributed by atoms with E-state index in [-0.39, 0.29) is 0 Å². The first kappa shape index (κ1) is 14.1. The average molecular weight is 301 g/mol. The summed E-state index contributed by atoms with van der Waals surface area (Å²) in [5.74, 6) is 1.05. The minimum Gasteiger partial charge on any atom is -0.232 e. The Labute approximate surface area is 137 Å². The highest BCUT2D eigenvalue weighted by Gasteiger charge is 2.29. The van der Waals surface area contributed by atoms with E-state index < -0.39 is 0 Å². The quantitative estimate of drug-likeness (QED) is 0.484. The summed E-state index contributed by atoms with van der Waals surface area (Å²) in [5.41, 5.74) is 10.4. The van der Waals surface area contributed by atoms with Gasteiger partial charge in [0.15, 0.2) is 5.69 Å². The van der Waals surface area contributed by atoms with Gasteiger partial charge in [-0.2, -0.15) is 0 Å². The lowest BCUT2D eigenvalue weighted by Gasteiger charge is -2.07. The predicted octanol–water partition coefficient (Wildman–Crippen LogP) is 4.07. The van der Waals surface area contributed by atoms with E-state index in [0.717, 1.165) is 12.2 Å². The molecule has 0 amide bonds. The van der Waals surface area contributed by atoms with Gasteiger partial charge >= 0.3 is 5.82 Å². The van der Waals surface area contributed by atoms with Crippen molar-refractivity contribution in [3.63, 3.8) is 0 Å². The van der Waals surface area contributed by atoms with E-state index in [1.807, 2.05) is 0 Å². The molecule has 0 fully saturated rings. The maximum absolute atomic E-state index is 5.04. The SMILES string of the molecule is Cc1ccc(C)c(-c2nc3c(c[n+]2C)-c2c(C)cccc2C3)c1. The lowest BCUT2D eigenvalue weighted by Crippen LogP contribution is -2.33. The molecule has 1 heterocycles. The molecule has 1 aliphatic rings. The van der Waals surface area contributed by atoms with Gasteiger partial charge in [-0.1, -0.05) is 35.9 Å². The predicted molar refractivity (Wildman–Crippen MR) is 93.3 cm³/mol. The Kier molecular flexibility index (Phi) is 3.08. The smallest absolute Gasteiger partial charge is 0.232 e. The van der Waals surface area contributed by atoms with Crippen molar-refractivity contribution < 1.29 is 4.57 Å². The molecule has 0 spiro atoms. The second-order valence-corrected chi connectivity index (χ2v) is 6.64. The monoisotopic (exact) mass is 301 g/mol. The normalized spacial score (nSPS) is 12.2. The van der Waals surface area contributed by atoms with Gasteiger partial charge in [0.1, 0.15) is 6.20 Å². The zero-order chi connectivity index (χ0) is 16.1. The summed E-state index contributed by atoms with van der Waals surface area (Å²) in [6.45, 7) is 6.48. The number of nitrogens with zero attached hydrogens (tertiary/aromatic N) is 2. The third-order valence-corrected chi connectivity index (χ3v) is 4.83. The Bertz CT molecular complexity index is 939. The Morgan fingerprint density at radius 3 is 2.61 bits per heavy atom. The van der Waals surface area contributed by atoms with E-state index >= 15 is 0 Å². The highest BCUT2D eigenvalue weighted by molar-refractivity contribution is 5.77. The fraction of sp³-hybridized carbons (Fsp3) is 0.238. The van der Waals surface area contributed by atoms with Crippen LogP contribution in [0.3, 0.4) is 0 Å². The van der Waals surface area contributed by atoms with Crippen LogP contribution in [0.1, 0.15) is 27.9 Å². The fourth-order valence-electron chi connectivity index (χ4n) is 3.61. The maximum atomic E-state index is 5.04. The van der Waals surface area contributed by atoms with Crippen LogP contribution in [0.25, 0.3) is 22.5 Å². The number of hydrogen-bond donors (Lipinski definition) is 0. The number of aromatic nitrogens is 2. The van der Waals surface area contributed by atoms with Crippen LogP contribution in [0.2, 0.25) is 0 Å². The Morgan fingerprint density at radius 2 is 1.78 bits per heavy atom. The fourth-order valence-corrected chi connectivity index (χ4v) is 3.61. The van der Waals surface area contributed by atoms with Crippen LogP contribution in [0.15, 0.2) is 42.6 Å². The van der Waals surface area contributed by atoms with Crippen LogP contribution < -0.4 is 4.57 Å². The molecular weight excluding hydrogens is 280 g/mol. The maximum Gasteiger partial charge on any atom is 0.330 e. The van der Waals surface area contributed by atoms with Crippen molar-refractivity contribution in [2.75, 3.05) is 0 Å². The second-order valence-electron chi connectivity index (χ2n) is 6.64. The largest absolute Gasteiger partial charge is 0.330 e. The van der Waals surface area contributed by atoms with Crippen molar-refractivity contribution >= 4 is 0 Å². The van der Waals surface area contributed by atoms with Crippen molar-refractivity contribution in [3.05, 3.63) is 70.5 Å². The Morgan fingerprint density at radius 1 is 0.957 bits per heavy atom. The second kappa shape index (κ2) is 5.02. The molecule has 4 rings (SSSR count). The molecule has 0 saturated heterocycles. The van der Waals surface area contributed by atoms with E-state index in [2.05, 4.69) is 75.0 Å². The van der Waals surface area contributed by atoms with Crippen molar-refractivity contribution in [3.8, 4) is 22.5 Å². The molecule has 114 valence electrons. The van der Waals surface area contributed by atoms with Crippen LogP contribution in [0.4, 0.5) is 0 Å². The van der Waals surface area contributed by atoms with E-state index in [1.165, 1.54) is 44.6 Å². The summed E-state index contributed by atoms with van der Waals surface area (Å²) >= 11 is 0. The van der Waals surface area contributed by atoms with Crippen molar-refractivity contribution in [1.82, 2.24) is 4.98 Å². The number of benzene rings is 2. The molecule has 23 heavy (non-hydrogen) atoms.